The zero-order chi connectivity index (χ0) is 22.6. The molecule has 3 aromatic carbocycles. The van der Waals surface area contributed by atoms with Gasteiger partial charge in [0.1, 0.15) is 6.67 Å². The molecule has 0 unspecified atom stereocenters. The van der Waals surface area contributed by atoms with Crippen molar-refractivity contribution in [2.24, 2.45) is 0 Å². The van der Waals surface area contributed by atoms with E-state index in [1.807, 2.05) is 0 Å². The second-order valence-electron chi connectivity index (χ2n) is 7.60. The molecule has 0 amide bonds. The molecule has 1 heterocycles. The number of benzene rings is 3. The maximum absolute atomic E-state index is 13.3. The van der Waals surface area contributed by atoms with Crippen molar-refractivity contribution in [2.45, 2.75) is 26.2 Å². The van der Waals surface area contributed by atoms with Gasteiger partial charge >= 0.3 is 12.4 Å². The van der Waals surface area contributed by atoms with E-state index >= 15 is 0 Å². The van der Waals surface area contributed by atoms with Crippen molar-refractivity contribution >= 4 is 22.7 Å². The van der Waals surface area contributed by atoms with Crippen LogP contribution in [0.5, 0.6) is 0 Å². The second kappa shape index (κ2) is 7.21. The zero-order valence-electron chi connectivity index (χ0n) is 16.6. The summed E-state index contributed by atoms with van der Waals surface area (Å²) in [5, 5.41) is 0. The molecule has 0 bridgehead atoms. The lowest BCUT2D eigenvalue weighted by atomic mass is 10.1. The molecule has 2 nitrogen and oxygen atoms in total. The van der Waals surface area contributed by atoms with E-state index in [0.29, 0.717) is 33.9 Å². The average molecular weight is 436 g/mol. The van der Waals surface area contributed by atoms with Gasteiger partial charge in [0.05, 0.1) is 22.5 Å². The first-order valence-electron chi connectivity index (χ1n) is 9.45. The number of rotatable bonds is 2. The van der Waals surface area contributed by atoms with Gasteiger partial charge in [0.15, 0.2) is 0 Å². The van der Waals surface area contributed by atoms with Crippen molar-refractivity contribution in [1.82, 2.24) is 0 Å². The normalized spacial score (nSPS) is 14.2. The lowest BCUT2D eigenvalue weighted by Crippen LogP contribution is -2.24. The lowest BCUT2D eigenvalue weighted by Gasteiger charge is -2.24. The molecule has 0 aromatic heterocycles. The van der Waals surface area contributed by atoms with Crippen molar-refractivity contribution in [3.8, 4) is 0 Å². The maximum atomic E-state index is 13.3. The number of anilines is 4. The Labute approximate surface area is 175 Å². The topological polar surface area (TPSA) is 6.48 Å². The van der Waals surface area contributed by atoms with Crippen LogP contribution >= 0.6 is 0 Å². The third kappa shape index (κ3) is 4.06. The van der Waals surface area contributed by atoms with Crippen LogP contribution in [0.1, 0.15) is 22.3 Å². The van der Waals surface area contributed by atoms with Crippen LogP contribution in [-0.2, 0) is 12.4 Å². The Balaban J connectivity index is 1.82. The van der Waals surface area contributed by atoms with E-state index < -0.39 is 23.5 Å². The standard InChI is InChI=1S/C23H18F6N2/c1-14-7-16(22(24,25)26)11-18(9-14)30-13-31(21-6-4-3-5-20(21)30)19-10-15(2)8-17(12-19)23(27,28)29/h3-12H,13H2,1-2H3. The highest BCUT2D eigenvalue weighted by atomic mass is 19.4. The first-order chi connectivity index (χ1) is 14.4. The molecule has 0 saturated heterocycles. The summed E-state index contributed by atoms with van der Waals surface area (Å²) in [6, 6.07) is 14.5. The van der Waals surface area contributed by atoms with Gasteiger partial charge in [0, 0.05) is 11.4 Å². The van der Waals surface area contributed by atoms with E-state index in [-0.39, 0.29) is 6.67 Å². The minimum atomic E-state index is -4.50. The summed E-state index contributed by atoms with van der Waals surface area (Å²) in [4.78, 5) is 3.35. The van der Waals surface area contributed by atoms with Gasteiger partial charge in [-0.2, -0.15) is 26.3 Å². The van der Waals surface area contributed by atoms with Gasteiger partial charge < -0.3 is 9.80 Å². The average Bonchev–Trinajstić information content (AvgIpc) is 3.05. The van der Waals surface area contributed by atoms with Crippen LogP contribution in [0, 0.1) is 13.8 Å². The number of hydrogen-bond donors (Lipinski definition) is 0. The Kier molecular flexibility index (Phi) is 4.91. The van der Waals surface area contributed by atoms with E-state index in [2.05, 4.69) is 0 Å². The molecule has 1 aliphatic rings. The molecule has 0 N–H and O–H groups in total. The van der Waals surface area contributed by atoms with E-state index in [9.17, 15) is 26.3 Å². The quantitative estimate of drug-likeness (QED) is 0.382. The monoisotopic (exact) mass is 436 g/mol. The van der Waals surface area contributed by atoms with Crippen LogP contribution in [0.4, 0.5) is 49.1 Å². The Morgan fingerprint density at radius 2 is 1.00 bits per heavy atom. The van der Waals surface area contributed by atoms with Gasteiger partial charge in [-0.05, 0) is 73.5 Å². The largest absolute Gasteiger partial charge is 0.416 e. The van der Waals surface area contributed by atoms with Gasteiger partial charge in [0.2, 0.25) is 0 Å². The maximum Gasteiger partial charge on any atom is 0.416 e. The van der Waals surface area contributed by atoms with Crippen molar-refractivity contribution in [2.75, 3.05) is 16.5 Å². The molecule has 0 saturated carbocycles. The highest BCUT2D eigenvalue weighted by molar-refractivity contribution is 5.87. The molecule has 3 aromatic rings. The number of hydrogen-bond acceptors (Lipinski definition) is 2. The van der Waals surface area contributed by atoms with Crippen LogP contribution in [0.2, 0.25) is 0 Å². The van der Waals surface area contributed by atoms with Crippen molar-refractivity contribution < 1.29 is 26.3 Å². The third-order valence-corrected chi connectivity index (χ3v) is 5.15. The molecule has 0 radical (unpaired) electrons. The molecule has 0 aliphatic carbocycles. The molecule has 4 rings (SSSR count). The van der Waals surface area contributed by atoms with E-state index in [4.69, 9.17) is 0 Å². The molecule has 1 aliphatic heterocycles. The zero-order valence-corrected chi connectivity index (χ0v) is 16.6. The molecule has 31 heavy (non-hydrogen) atoms. The SMILES string of the molecule is Cc1cc(N2CN(c3cc(C)cc(C(F)(F)F)c3)c3ccccc32)cc(C(F)(F)F)c1. The van der Waals surface area contributed by atoms with Gasteiger partial charge in [-0.25, -0.2) is 0 Å². The summed E-state index contributed by atoms with van der Waals surface area (Å²) in [6.45, 7) is 3.24. The van der Waals surface area contributed by atoms with Crippen LogP contribution in [0.15, 0.2) is 60.7 Å². The molecule has 162 valence electrons. The Hall–Kier alpha value is -3.16. The van der Waals surface area contributed by atoms with E-state index in [0.717, 1.165) is 24.3 Å². The molecular weight excluding hydrogens is 418 g/mol. The fraction of sp³-hybridized carbons (Fsp3) is 0.217. The fourth-order valence-electron chi connectivity index (χ4n) is 3.82. The smallest absolute Gasteiger partial charge is 0.321 e. The second-order valence-corrected chi connectivity index (χ2v) is 7.60. The minimum Gasteiger partial charge on any atom is -0.321 e. The van der Waals surface area contributed by atoms with E-state index in [1.54, 1.807) is 60.0 Å². The number of fused-ring (bicyclic) bond motifs is 1. The number of nitrogens with zero attached hydrogens (tertiary/aromatic N) is 2. The van der Waals surface area contributed by atoms with Crippen molar-refractivity contribution in [1.29, 1.82) is 0 Å². The predicted octanol–water partition coefficient (Wildman–Crippen LogP) is 7.59. The molecule has 0 fully saturated rings. The number of alkyl halides is 6. The first kappa shape index (κ1) is 21.1. The van der Waals surface area contributed by atoms with E-state index in [1.165, 1.54) is 0 Å². The third-order valence-electron chi connectivity index (χ3n) is 5.15. The van der Waals surface area contributed by atoms with Gasteiger partial charge in [-0.1, -0.05) is 12.1 Å². The number of para-hydroxylation sites is 2. The lowest BCUT2D eigenvalue weighted by molar-refractivity contribution is -0.138. The van der Waals surface area contributed by atoms with Crippen molar-refractivity contribution in [3.05, 3.63) is 82.9 Å². The van der Waals surface area contributed by atoms with Crippen molar-refractivity contribution in [3.63, 3.8) is 0 Å². The minimum absolute atomic E-state index is 0.0842. The fourth-order valence-corrected chi connectivity index (χ4v) is 3.82. The number of halogens is 6. The predicted molar refractivity (Wildman–Crippen MR) is 108 cm³/mol. The summed E-state index contributed by atoms with van der Waals surface area (Å²) < 4.78 is 80.0. The van der Waals surface area contributed by atoms with Gasteiger partial charge in [-0.3, -0.25) is 0 Å². The first-order valence-corrected chi connectivity index (χ1v) is 9.45. The summed E-state index contributed by atoms with van der Waals surface area (Å²) in [5.74, 6) is 0. The summed E-state index contributed by atoms with van der Waals surface area (Å²) >= 11 is 0. The molecular formula is C23H18F6N2. The Morgan fingerprint density at radius 3 is 1.35 bits per heavy atom. The molecule has 0 atom stereocenters. The van der Waals surface area contributed by atoms with Crippen LogP contribution < -0.4 is 9.80 Å². The summed E-state index contributed by atoms with van der Waals surface area (Å²) in [6.07, 6.45) is -9.00. The highest BCUT2D eigenvalue weighted by Gasteiger charge is 2.35. The van der Waals surface area contributed by atoms with Crippen LogP contribution in [-0.4, -0.2) is 6.67 Å². The molecule has 0 spiro atoms. The Bertz CT molecular complexity index is 1050. The summed E-state index contributed by atoms with van der Waals surface area (Å²) in [5.41, 5.74) is 1.23. The van der Waals surface area contributed by atoms with Crippen LogP contribution in [0.3, 0.4) is 0 Å². The van der Waals surface area contributed by atoms with Gasteiger partial charge in [-0.15, -0.1) is 0 Å². The molecule has 8 heteroatoms. The number of aryl methyl sites for hydroxylation is 2. The van der Waals surface area contributed by atoms with Crippen LogP contribution in [0.25, 0.3) is 0 Å². The van der Waals surface area contributed by atoms with Gasteiger partial charge in [0.25, 0.3) is 0 Å². The highest BCUT2D eigenvalue weighted by Crippen LogP contribution is 2.46. The Morgan fingerprint density at radius 1 is 0.613 bits per heavy atom. The summed E-state index contributed by atoms with van der Waals surface area (Å²) in [7, 11) is 0.